The number of nitrogens with one attached hydrogen (secondary N) is 1. The van der Waals surface area contributed by atoms with E-state index in [0.717, 1.165) is 44.5 Å². The zero-order chi connectivity index (χ0) is 14.5. The molecule has 1 aromatic carbocycles. The lowest BCUT2D eigenvalue weighted by atomic mass is 10.0. The van der Waals surface area contributed by atoms with Crippen LogP contribution in [0.25, 0.3) is 11.0 Å². The van der Waals surface area contributed by atoms with Crippen molar-refractivity contribution < 1.29 is 4.74 Å². The average Bonchev–Trinajstić information content (AvgIpc) is 2.95. The van der Waals surface area contributed by atoms with E-state index in [9.17, 15) is 0 Å². The summed E-state index contributed by atoms with van der Waals surface area (Å²) in [5, 5.41) is 3.65. The molecule has 0 saturated carbocycles. The van der Waals surface area contributed by atoms with Crippen molar-refractivity contribution in [3.8, 4) is 0 Å². The van der Waals surface area contributed by atoms with Crippen molar-refractivity contribution >= 4 is 11.0 Å². The second-order valence-corrected chi connectivity index (χ2v) is 5.56. The van der Waals surface area contributed by atoms with Gasteiger partial charge in [0.2, 0.25) is 0 Å². The van der Waals surface area contributed by atoms with Crippen LogP contribution in [-0.4, -0.2) is 28.7 Å². The van der Waals surface area contributed by atoms with Crippen molar-refractivity contribution in [1.82, 2.24) is 14.9 Å². The van der Waals surface area contributed by atoms with Crippen molar-refractivity contribution in [3.63, 3.8) is 0 Å². The van der Waals surface area contributed by atoms with Gasteiger partial charge in [-0.3, -0.25) is 0 Å². The van der Waals surface area contributed by atoms with Crippen molar-refractivity contribution in [3.05, 3.63) is 42.4 Å². The lowest BCUT2D eigenvalue weighted by Gasteiger charge is -2.25. The summed E-state index contributed by atoms with van der Waals surface area (Å²) in [4.78, 5) is 4.48. The van der Waals surface area contributed by atoms with Gasteiger partial charge >= 0.3 is 0 Å². The lowest BCUT2D eigenvalue weighted by Crippen LogP contribution is -2.36. The number of fused-ring (bicyclic) bond motifs is 1. The van der Waals surface area contributed by atoms with Gasteiger partial charge in [0.25, 0.3) is 0 Å². The van der Waals surface area contributed by atoms with Gasteiger partial charge < -0.3 is 14.6 Å². The fourth-order valence-corrected chi connectivity index (χ4v) is 2.82. The Morgan fingerprint density at radius 1 is 1.38 bits per heavy atom. The molecule has 4 heteroatoms. The molecular formula is C17H23N3O. The van der Waals surface area contributed by atoms with Crippen LogP contribution in [0, 0.1) is 0 Å². The van der Waals surface area contributed by atoms with Crippen molar-refractivity contribution in [1.29, 1.82) is 0 Å². The molecule has 1 unspecified atom stereocenters. The summed E-state index contributed by atoms with van der Waals surface area (Å²) >= 11 is 0. The monoisotopic (exact) mass is 285 g/mol. The largest absolute Gasteiger partial charge is 0.501 e. The number of benzene rings is 1. The van der Waals surface area contributed by atoms with Crippen molar-refractivity contribution in [2.75, 3.05) is 13.2 Å². The molecule has 0 fully saturated rings. The van der Waals surface area contributed by atoms with E-state index in [1.807, 2.05) is 18.7 Å². The third-order valence-electron chi connectivity index (χ3n) is 3.96. The molecule has 112 valence electrons. The number of hydrogen-bond donors (Lipinski definition) is 1. The Labute approximate surface area is 125 Å². The highest BCUT2D eigenvalue weighted by Crippen LogP contribution is 2.19. The molecule has 0 radical (unpaired) electrons. The van der Waals surface area contributed by atoms with E-state index in [1.165, 1.54) is 11.1 Å². The number of nitrogens with zero attached hydrogens (tertiary/aromatic N) is 2. The molecule has 0 saturated heterocycles. The van der Waals surface area contributed by atoms with Crippen LogP contribution in [0.2, 0.25) is 0 Å². The van der Waals surface area contributed by atoms with Gasteiger partial charge in [0.05, 0.1) is 30.2 Å². The summed E-state index contributed by atoms with van der Waals surface area (Å²) < 4.78 is 7.76. The Hall–Kier alpha value is -1.81. The molecule has 0 aliphatic carbocycles. The van der Waals surface area contributed by atoms with Crippen LogP contribution in [0.4, 0.5) is 0 Å². The van der Waals surface area contributed by atoms with Crippen LogP contribution in [0.15, 0.2) is 42.4 Å². The number of hydrogen-bond acceptors (Lipinski definition) is 3. The third kappa shape index (κ3) is 3.27. The predicted octanol–water partition coefficient (Wildman–Crippen LogP) is 3.10. The number of imidazole rings is 1. The Kier molecular flexibility index (Phi) is 4.55. The summed E-state index contributed by atoms with van der Waals surface area (Å²) in [5.74, 6) is 0. The smallest absolute Gasteiger partial charge is 0.0958 e. The van der Waals surface area contributed by atoms with E-state index in [0.29, 0.717) is 6.04 Å². The first-order chi connectivity index (χ1) is 10.4. The minimum atomic E-state index is 0.322. The molecule has 4 nitrogen and oxygen atoms in total. The SMILES string of the molecule is CCCNC(Cn1cnc2ccccc21)C1=COCCC1. The third-order valence-corrected chi connectivity index (χ3v) is 3.96. The van der Waals surface area contributed by atoms with Crippen LogP contribution in [0.3, 0.4) is 0 Å². The van der Waals surface area contributed by atoms with Crippen molar-refractivity contribution in [2.24, 2.45) is 0 Å². The van der Waals surface area contributed by atoms with Crippen LogP contribution in [0.1, 0.15) is 26.2 Å². The van der Waals surface area contributed by atoms with E-state index in [-0.39, 0.29) is 0 Å². The van der Waals surface area contributed by atoms with Gasteiger partial charge in [0.1, 0.15) is 0 Å². The maximum atomic E-state index is 5.52. The average molecular weight is 285 g/mol. The topological polar surface area (TPSA) is 39.1 Å². The first-order valence-corrected chi connectivity index (χ1v) is 7.82. The lowest BCUT2D eigenvalue weighted by molar-refractivity contribution is 0.218. The molecular weight excluding hydrogens is 262 g/mol. The summed E-state index contributed by atoms with van der Waals surface area (Å²) in [6, 6.07) is 8.61. The van der Waals surface area contributed by atoms with Gasteiger partial charge in [-0.15, -0.1) is 0 Å². The van der Waals surface area contributed by atoms with Gasteiger partial charge in [0, 0.05) is 12.6 Å². The van der Waals surface area contributed by atoms with Crippen molar-refractivity contribution in [2.45, 2.75) is 38.8 Å². The molecule has 0 spiro atoms. The fraction of sp³-hybridized carbons (Fsp3) is 0.471. The fourth-order valence-electron chi connectivity index (χ4n) is 2.82. The minimum Gasteiger partial charge on any atom is -0.501 e. The molecule has 2 heterocycles. The second kappa shape index (κ2) is 6.76. The first kappa shape index (κ1) is 14.1. The molecule has 3 rings (SSSR count). The first-order valence-electron chi connectivity index (χ1n) is 7.82. The van der Waals surface area contributed by atoms with Gasteiger partial charge in [0.15, 0.2) is 0 Å². The van der Waals surface area contributed by atoms with E-state index in [2.05, 4.69) is 40.0 Å². The standard InChI is InChI=1S/C17H23N3O/c1-2-9-18-16(14-6-5-10-21-12-14)11-20-13-19-15-7-3-4-8-17(15)20/h3-4,7-8,12-13,16,18H,2,5-6,9-11H2,1H3. The van der Waals surface area contributed by atoms with Gasteiger partial charge in [-0.1, -0.05) is 19.1 Å². The van der Waals surface area contributed by atoms with Crippen LogP contribution >= 0.6 is 0 Å². The maximum Gasteiger partial charge on any atom is 0.0958 e. The molecule has 0 amide bonds. The summed E-state index contributed by atoms with van der Waals surface area (Å²) in [6.45, 7) is 4.96. The molecule has 1 atom stereocenters. The number of ether oxygens (including phenoxy) is 1. The Morgan fingerprint density at radius 2 is 2.29 bits per heavy atom. The Balaban J connectivity index is 1.81. The minimum absolute atomic E-state index is 0.322. The molecule has 1 aromatic heterocycles. The Morgan fingerprint density at radius 3 is 3.10 bits per heavy atom. The molecule has 1 N–H and O–H groups in total. The number of para-hydroxylation sites is 2. The van der Waals surface area contributed by atoms with Crippen LogP contribution in [-0.2, 0) is 11.3 Å². The Bertz CT molecular complexity index is 617. The van der Waals surface area contributed by atoms with Gasteiger partial charge in [-0.2, -0.15) is 0 Å². The highest BCUT2D eigenvalue weighted by Gasteiger charge is 2.18. The van der Waals surface area contributed by atoms with Crippen LogP contribution in [0.5, 0.6) is 0 Å². The predicted molar refractivity (Wildman–Crippen MR) is 85.1 cm³/mol. The highest BCUT2D eigenvalue weighted by atomic mass is 16.5. The molecule has 1 aliphatic rings. The van der Waals surface area contributed by atoms with Crippen LogP contribution < -0.4 is 5.32 Å². The zero-order valence-electron chi connectivity index (χ0n) is 12.6. The van der Waals surface area contributed by atoms with E-state index < -0.39 is 0 Å². The van der Waals surface area contributed by atoms with E-state index in [1.54, 1.807) is 0 Å². The normalized spacial score (nSPS) is 16.5. The molecule has 0 bridgehead atoms. The van der Waals surface area contributed by atoms with Gasteiger partial charge in [-0.25, -0.2) is 4.98 Å². The molecule has 2 aromatic rings. The highest BCUT2D eigenvalue weighted by molar-refractivity contribution is 5.74. The quantitative estimate of drug-likeness (QED) is 0.886. The molecule has 21 heavy (non-hydrogen) atoms. The van der Waals surface area contributed by atoms with E-state index in [4.69, 9.17) is 4.74 Å². The summed E-state index contributed by atoms with van der Waals surface area (Å²) in [6.07, 6.45) is 7.26. The molecule has 1 aliphatic heterocycles. The number of rotatable bonds is 6. The zero-order valence-corrected chi connectivity index (χ0v) is 12.6. The van der Waals surface area contributed by atoms with E-state index >= 15 is 0 Å². The maximum absolute atomic E-state index is 5.52. The second-order valence-electron chi connectivity index (χ2n) is 5.56. The summed E-state index contributed by atoms with van der Waals surface area (Å²) in [7, 11) is 0. The van der Waals surface area contributed by atoms with Gasteiger partial charge in [-0.05, 0) is 43.5 Å². The number of aromatic nitrogens is 2. The summed E-state index contributed by atoms with van der Waals surface area (Å²) in [5.41, 5.74) is 3.62.